The number of anilines is 1. The van der Waals surface area contributed by atoms with Gasteiger partial charge in [0, 0.05) is 38.1 Å². The summed E-state index contributed by atoms with van der Waals surface area (Å²) >= 11 is 0. The third kappa shape index (κ3) is 3.82. The van der Waals surface area contributed by atoms with Crippen molar-refractivity contribution in [3.8, 4) is 0 Å². The fourth-order valence-corrected chi connectivity index (χ4v) is 2.60. The highest BCUT2D eigenvalue weighted by molar-refractivity contribution is 5.46. The van der Waals surface area contributed by atoms with Crippen LogP contribution < -0.4 is 4.90 Å². The summed E-state index contributed by atoms with van der Waals surface area (Å²) in [4.78, 5) is 4.16. The molecule has 0 amide bonds. The Morgan fingerprint density at radius 3 is 2.17 bits per heavy atom. The topological polar surface area (TPSA) is 24.3 Å². The summed E-state index contributed by atoms with van der Waals surface area (Å²) in [5, 5.41) is 3.56. The maximum absolute atomic E-state index is 12.9. The molecule has 0 unspecified atom stereocenters. The van der Waals surface area contributed by atoms with Crippen LogP contribution in [0.1, 0.15) is 5.69 Å². The number of rotatable bonds is 3. The third-order valence-corrected chi connectivity index (χ3v) is 3.84. The molecular weight excluding hydrogens is 312 g/mol. The van der Waals surface area contributed by atoms with E-state index in [1.165, 1.54) is 23.0 Å². The Kier molecular flexibility index (Phi) is 4.25. The minimum Gasteiger partial charge on any atom is -0.369 e. The molecule has 1 aliphatic rings. The number of hydrogen-bond acceptors (Lipinski definition) is 3. The molecule has 0 N–H and O–H groups in total. The van der Waals surface area contributed by atoms with Crippen molar-refractivity contribution in [3.63, 3.8) is 0 Å². The van der Waals surface area contributed by atoms with Crippen LogP contribution in [0.5, 0.6) is 0 Å². The Balaban J connectivity index is 1.55. The second-order valence-electron chi connectivity index (χ2n) is 5.46. The first kappa shape index (κ1) is 15.8. The van der Waals surface area contributed by atoms with E-state index in [9.17, 15) is 17.6 Å². The zero-order valence-corrected chi connectivity index (χ0v) is 12.3. The smallest absolute Gasteiger partial charge is 0.369 e. The highest BCUT2D eigenvalue weighted by Crippen LogP contribution is 2.27. The summed E-state index contributed by atoms with van der Waals surface area (Å²) < 4.78 is 51.8. The van der Waals surface area contributed by atoms with Crippen LogP contribution in [0, 0.1) is 5.82 Å². The number of benzene rings is 1. The van der Waals surface area contributed by atoms with Gasteiger partial charge in [-0.15, -0.1) is 0 Å². The quantitative estimate of drug-likeness (QED) is 0.810. The molecule has 0 aliphatic carbocycles. The Morgan fingerprint density at radius 1 is 0.957 bits per heavy atom. The average molecular weight is 328 g/mol. The highest BCUT2D eigenvalue weighted by Gasteiger charge is 2.33. The summed E-state index contributed by atoms with van der Waals surface area (Å²) in [6.07, 6.45) is -3.07. The van der Waals surface area contributed by atoms with Gasteiger partial charge in [0.15, 0.2) is 5.69 Å². The standard InChI is InChI=1S/C15H16F4N4/c16-12-1-3-13(4-2-12)22-9-7-21(8-10-22)11-23-6-5-14(20-23)15(17,18)19/h1-6H,7-11H2. The number of alkyl halides is 3. The normalized spacial score (nSPS) is 16.8. The van der Waals surface area contributed by atoms with E-state index in [0.29, 0.717) is 19.8 Å². The fraction of sp³-hybridized carbons (Fsp3) is 0.400. The van der Waals surface area contributed by atoms with Crippen molar-refractivity contribution >= 4 is 5.69 Å². The molecule has 0 bridgehead atoms. The molecule has 0 radical (unpaired) electrons. The van der Waals surface area contributed by atoms with Gasteiger partial charge in [0.1, 0.15) is 5.82 Å². The molecule has 1 saturated heterocycles. The lowest BCUT2D eigenvalue weighted by atomic mass is 10.2. The summed E-state index contributed by atoms with van der Waals surface area (Å²) in [5.74, 6) is -0.272. The molecular formula is C15H16F4N4. The van der Waals surface area contributed by atoms with Gasteiger partial charge in [0.2, 0.25) is 0 Å². The van der Waals surface area contributed by atoms with Crippen LogP contribution in [0.25, 0.3) is 0 Å². The van der Waals surface area contributed by atoms with Gasteiger partial charge >= 0.3 is 6.18 Å². The van der Waals surface area contributed by atoms with E-state index in [2.05, 4.69) is 10.00 Å². The summed E-state index contributed by atoms with van der Waals surface area (Å²) in [5.41, 5.74) is 0.0759. The van der Waals surface area contributed by atoms with E-state index in [0.717, 1.165) is 24.8 Å². The Morgan fingerprint density at radius 2 is 1.61 bits per heavy atom. The van der Waals surface area contributed by atoms with Crippen LogP contribution in [0.4, 0.5) is 23.2 Å². The molecule has 1 aromatic carbocycles. The zero-order chi connectivity index (χ0) is 16.4. The maximum atomic E-state index is 12.9. The average Bonchev–Trinajstić information content (AvgIpc) is 2.98. The summed E-state index contributed by atoms with van der Waals surface area (Å²) in [6.45, 7) is 3.21. The lowest BCUT2D eigenvalue weighted by molar-refractivity contribution is -0.141. The summed E-state index contributed by atoms with van der Waals surface area (Å²) in [7, 11) is 0. The molecule has 23 heavy (non-hydrogen) atoms. The third-order valence-electron chi connectivity index (χ3n) is 3.84. The molecule has 0 saturated carbocycles. The molecule has 0 spiro atoms. The molecule has 0 atom stereocenters. The van der Waals surface area contributed by atoms with Crippen LogP contribution in [0.3, 0.4) is 0 Å². The summed E-state index contributed by atoms with van der Waals surface area (Å²) in [6, 6.07) is 7.28. The van der Waals surface area contributed by atoms with E-state index >= 15 is 0 Å². The maximum Gasteiger partial charge on any atom is 0.435 e. The number of aromatic nitrogens is 2. The van der Waals surface area contributed by atoms with Gasteiger partial charge in [-0.25, -0.2) is 4.39 Å². The minimum atomic E-state index is -4.41. The van der Waals surface area contributed by atoms with Crippen LogP contribution in [-0.4, -0.2) is 40.9 Å². The SMILES string of the molecule is Fc1ccc(N2CCN(Cn3ccc(C(F)(F)F)n3)CC2)cc1. The lowest BCUT2D eigenvalue weighted by Crippen LogP contribution is -2.46. The number of nitrogens with zero attached hydrogens (tertiary/aromatic N) is 4. The minimum absolute atomic E-state index is 0.272. The molecule has 124 valence electrons. The van der Waals surface area contributed by atoms with Crippen LogP contribution in [-0.2, 0) is 12.8 Å². The van der Waals surface area contributed by atoms with Gasteiger partial charge in [-0.05, 0) is 30.3 Å². The van der Waals surface area contributed by atoms with E-state index in [1.807, 2.05) is 4.90 Å². The molecule has 3 rings (SSSR count). The van der Waals surface area contributed by atoms with E-state index in [4.69, 9.17) is 0 Å². The van der Waals surface area contributed by atoms with Gasteiger partial charge in [0.05, 0.1) is 6.67 Å². The van der Waals surface area contributed by atoms with Crippen molar-refractivity contribution in [2.75, 3.05) is 31.1 Å². The van der Waals surface area contributed by atoms with Crippen molar-refractivity contribution in [1.29, 1.82) is 0 Å². The lowest BCUT2D eigenvalue weighted by Gasteiger charge is -2.35. The Bertz CT molecular complexity index is 642. The van der Waals surface area contributed by atoms with Gasteiger partial charge < -0.3 is 4.90 Å². The highest BCUT2D eigenvalue weighted by atomic mass is 19.4. The fourth-order valence-electron chi connectivity index (χ4n) is 2.60. The Labute approximate surface area is 130 Å². The second-order valence-corrected chi connectivity index (χ2v) is 5.46. The van der Waals surface area contributed by atoms with Crippen molar-refractivity contribution < 1.29 is 17.6 Å². The second kappa shape index (κ2) is 6.19. The van der Waals surface area contributed by atoms with Crippen LogP contribution in [0.2, 0.25) is 0 Å². The predicted octanol–water partition coefficient (Wildman–Crippen LogP) is 2.82. The van der Waals surface area contributed by atoms with Gasteiger partial charge in [0.25, 0.3) is 0 Å². The molecule has 2 aromatic rings. The van der Waals surface area contributed by atoms with Crippen molar-refractivity contribution in [3.05, 3.63) is 48.0 Å². The first-order chi connectivity index (χ1) is 10.9. The monoisotopic (exact) mass is 328 g/mol. The molecule has 1 fully saturated rings. The van der Waals surface area contributed by atoms with E-state index in [1.54, 1.807) is 12.1 Å². The van der Waals surface area contributed by atoms with E-state index in [-0.39, 0.29) is 5.82 Å². The predicted molar refractivity (Wildman–Crippen MR) is 77.4 cm³/mol. The zero-order valence-electron chi connectivity index (χ0n) is 12.3. The molecule has 8 heteroatoms. The molecule has 4 nitrogen and oxygen atoms in total. The van der Waals surface area contributed by atoms with Gasteiger partial charge in [-0.3, -0.25) is 9.58 Å². The first-order valence-corrected chi connectivity index (χ1v) is 7.25. The van der Waals surface area contributed by atoms with Crippen molar-refractivity contribution in [1.82, 2.24) is 14.7 Å². The molecule has 2 heterocycles. The van der Waals surface area contributed by atoms with Gasteiger partial charge in [-0.1, -0.05) is 0 Å². The largest absolute Gasteiger partial charge is 0.435 e. The van der Waals surface area contributed by atoms with E-state index < -0.39 is 11.9 Å². The van der Waals surface area contributed by atoms with Gasteiger partial charge in [-0.2, -0.15) is 18.3 Å². The van der Waals surface area contributed by atoms with Crippen molar-refractivity contribution in [2.45, 2.75) is 12.8 Å². The number of piperazine rings is 1. The van der Waals surface area contributed by atoms with Crippen molar-refractivity contribution in [2.24, 2.45) is 0 Å². The van der Waals surface area contributed by atoms with Crippen LogP contribution in [0.15, 0.2) is 36.5 Å². The van der Waals surface area contributed by atoms with Crippen LogP contribution >= 0.6 is 0 Å². The first-order valence-electron chi connectivity index (χ1n) is 7.25. The molecule has 1 aromatic heterocycles. The Hall–Kier alpha value is -2.09. The molecule has 1 aliphatic heterocycles. The number of hydrogen-bond donors (Lipinski definition) is 0. The number of halogens is 4.